The molecule has 0 N–H and O–H groups in total. The van der Waals surface area contributed by atoms with Crippen LogP contribution in [0.2, 0.25) is 0 Å². The third kappa shape index (κ3) is 4.41. The molecule has 1 aromatic carbocycles. The number of carbonyl (C=O) groups is 1. The molecule has 3 aromatic heterocycles. The van der Waals surface area contributed by atoms with Crippen LogP contribution in [0.4, 0.5) is 0 Å². The number of aryl methyl sites for hydroxylation is 1. The number of aromatic nitrogens is 4. The van der Waals surface area contributed by atoms with Gasteiger partial charge in [-0.25, -0.2) is 0 Å². The average molecular weight is 463 g/mol. The molecule has 1 fully saturated rings. The summed E-state index contributed by atoms with van der Waals surface area (Å²) < 4.78 is 15.5. The maximum atomic E-state index is 13.2. The minimum Gasteiger partial charge on any atom is -0.461 e. The summed E-state index contributed by atoms with van der Waals surface area (Å²) in [6.45, 7) is 5.69. The Kier molecular flexibility index (Phi) is 6.20. The lowest BCUT2D eigenvalue weighted by Crippen LogP contribution is -2.17. The van der Waals surface area contributed by atoms with E-state index in [9.17, 15) is 4.79 Å². The zero-order valence-electron chi connectivity index (χ0n) is 18.7. The van der Waals surface area contributed by atoms with Crippen LogP contribution in [0, 0.1) is 13.8 Å². The van der Waals surface area contributed by atoms with Gasteiger partial charge in [0.1, 0.15) is 0 Å². The van der Waals surface area contributed by atoms with Crippen molar-refractivity contribution < 1.29 is 13.9 Å². The molecule has 0 aliphatic carbocycles. The first-order valence-corrected chi connectivity index (χ1v) is 12.1. The second-order valence-electron chi connectivity index (χ2n) is 8.20. The van der Waals surface area contributed by atoms with Gasteiger partial charge in [0.15, 0.2) is 16.7 Å². The highest BCUT2D eigenvalue weighted by atomic mass is 32.2. The normalized spacial score (nSPS) is 15.9. The van der Waals surface area contributed by atoms with Crippen LogP contribution < -0.4 is 0 Å². The number of benzene rings is 1. The molecule has 1 atom stereocenters. The molecule has 1 aliphatic rings. The maximum absolute atomic E-state index is 13.2. The Bertz CT molecular complexity index is 1240. The molecule has 4 aromatic rings. The molecular weight excluding hydrogens is 436 g/mol. The van der Waals surface area contributed by atoms with Crippen molar-refractivity contribution in [3.05, 3.63) is 71.7 Å². The summed E-state index contributed by atoms with van der Waals surface area (Å²) in [5, 5.41) is 9.36. The van der Waals surface area contributed by atoms with Crippen molar-refractivity contribution in [1.82, 2.24) is 19.3 Å². The highest BCUT2D eigenvalue weighted by molar-refractivity contribution is 7.99. The van der Waals surface area contributed by atoms with Crippen LogP contribution in [0.3, 0.4) is 0 Å². The Labute approximate surface area is 196 Å². The highest BCUT2D eigenvalue weighted by Gasteiger charge is 2.23. The van der Waals surface area contributed by atoms with E-state index in [2.05, 4.69) is 14.8 Å². The van der Waals surface area contributed by atoms with Gasteiger partial charge in [-0.3, -0.25) is 9.36 Å². The van der Waals surface area contributed by atoms with Gasteiger partial charge in [-0.2, -0.15) is 0 Å². The monoisotopic (exact) mass is 462 g/mol. The van der Waals surface area contributed by atoms with E-state index in [1.165, 1.54) is 11.8 Å². The van der Waals surface area contributed by atoms with Crippen molar-refractivity contribution in [2.75, 3.05) is 12.4 Å². The lowest BCUT2D eigenvalue weighted by Gasteiger charge is -2.14. The number of para-hydroxylation sites is 1. The van der Waals surface area contributed by atoms with Crippen molar-refractivity contribution >= 4 is 17.5 Å². The second-order valence-corrected chi connectivity index (χ2v) is 9.14. The number of ether oxygens (including phenoxy) is 1. The molecule has 4 heterocycles. The fourth-order valence-electron chi connectivity index (χ4n) is 4.30. The maximum Gasteiger partial charge on any atom is 0.205 e. The van der Waals surface area contributed by atoms with E-state index < -0.39 is 0 Å². The summed E-state index contributed by atoms with van der Waals surface area (Å²) in [6, 6.07) is 15.5. The lowest BCUT2D eigenvalue weighted by molar-refractivity contribution is 0.0957. The predicted octanol–water partition coefficient (Wildman–Crippen LogP) is 5.10. The Morgan fingerprint density at radius 1 is 1.15 bits per heavy atom. The van der Waals surface area contributed by atoms with Gasteiger partial charge < -0.3 is 13.7 Å². The van der Waals surface area contributed by atoms with Crippen molar-refractivity contribution in [1.29, 1.82) is 0 Å². The van der Waals surface area contributed by atoms with Crippen LogP contribution in [0.15, 0.2) is 64.4 Å². The average Bonchev–Trinajstić information content (AvgIpc) is 3.63. The van der Waals surface area contributed by atoms with E-state index in [-0.39, 0.29) is 17.6 Å². The summed E-state index contributed by atoms with van der Waals surface area (Å²) in [7, 11) is 0. The van der Waals surface area contributed by atoms with Gasteiger partial charge in [0.25, 0.3) is 0 Å². The molecule has 7 nitrogen and oxygen atoms in total. The van der Waals surface area contributed by atoms with E-state index in [4.69, 9.17) is 9.15 Å². The van der Waals surface area contributed by atoms with Gasteiger partial charge in [0.2, 0.25) is 5.82 Å². The van der Waals surface area contributed by atoms with E-state index in [1.54, 1.807) is 6.26 Å². The number of carbonyl (C=O) groups excluding carboxylic acids is 1. The van der Waals surface area contributed by atoms with Crippen LogP contribution >= 0.6 is 11.8 Å². The number of rotatable bonds is 8. The number of hydrogen-bond acceptors (Lipinski definition) is 6. The summed E-state index contributed by atoms with van der Waals surface area (Å²) in [5.74, 6) is 1.58. The third-order valence-electron chi connectivity index (χ3n) is 6.01. The van der Waals surface area contributed by atoms with Gasteiger partial charge in [0, 0.05) is 35.8 Å². The van der Waals surface area contributed by atoms with E-state index in [1.807, 2.05) is 66.9 Å². The van der Waals surface area contributed by atoms with Crippen molar-refractivity contribution in [3.8, 4) is 17.3 Å². The molecule has 0 spiro atoms. The molecule has 33 heavy (non-hydrogen) atoms. The van der Waals surface area contributed by atoms with Crippen LogP contribution in [-0.2, 0) is 11.3 Å². The van der Waals surface area contributed by atoms with Gasteiger partial charge in [-0.05, 0) is 57.0 Å². The predicted molar refractivity (Wildman–Crippen MR) is 127 cm³/mol. The zero-order chi connectivity index (χ0) is 22.8. The molecule has 5 rings (SSSR count). The number of hydrogen-bond donors (Lipinski definition) is 0. The standard InChI is InChI=1S/C25H26N4O3S/c1-17-14-21(18(2)28(17)15-20-10-6-12-31-20)22(30)16-33-25-27-26-24(23-11-7-13-32-23)29(25)19-8-4-3-5-9-19/h3-5,7-9,11,13-14,20H,6,10,12,15-16H2,1-2H3/t20-/m1/s1. The van der Waals surface area contributed by atoms with E-state index in [0.717, 1.165) is 48.6 Å². The Morgan fingerprint density at radius 2 is 2.00 bits per heavy atom. The molecule has 0 unspecified atom stereocenters. The molecule has 170 valence electrons. The van der Waals surface area contributed by atoms with Crippen LogP contribution in [0.5, 0.6) is 0 Å². The summed E-state index contributed by atoms with van der Waals surface area (Å²) in [6.07, 6.45) is 4.02. The number of furan rings is 1. The molecule has 1 saturated heterocycles. The number of thioether (sulfide) groups is 1. The molecule has 1 aliphatic heterocycles. The van der Waals surface area contributed by atoms with Crippen molar-refractivity contribution in [3.63, 3.8) is 0 Å². The van der Waals surface area contributed by atoms with Gasteiger partial charge in [-0.15, -0.1) is 10.2 Å². The summed E-state index contributed by atoms with van der Waals surface area (Å²) in [5.41, 5.74) is 3.76. The topological polar surface area (TPSA) is 75.1 Å². The smallest absolute Gasteiger partial charge is 0.205 e. The lowest BCUT2D eigenvalue weighted by atomic mass is 10.2. The molecular formula is C25H26N4O3S. The molecule has 0 amide bonds. The van der Waals surface area contributed by atoms with Gasteiger partial charge >= 0.3 is 0 Å². The Balaban J connectivity index is 1.37. The van der Waals surface area contributed by atoms with Crippen LogP contribution in [0.1, 0.15) is 34.6 Å². The third-order valence-corrected chi connectivity index (χ3v) is 6.93. The van der Waals surface area contributed by atoms with Gasteiger partial charge in [0.05, 0.1) is 18.1 Å². The molecule has 0 bridgehead atoms. The first-order valence-electron chi connectivity index (χ1n) is 11.1. The highest BCUT2D eigenvalue weighted by Crippen LogP contribution is 2.29. The Hall–Kier alpha value is -3.10. The summed E-state index contributed by atoms with van der Waals surface area (Å²) >= 11 is 1.38. The van der Waals surface area contributed by atoms with Crippen molar-refractivity contribution in [2.45, 2.75) is 44.5 Å². The quantitative estimate of drug-likeness (QED) is 0.268. The Morgan fingerprint density at radius 3 is 2.73 bits per heavy atom. The van der Waals surface area contributed by atoms with Crippen LogP contribution in [-0.4, -0.2) is 43.6 Å². The second kappa shape index (κ2) is 9.41. The molecule has 8 heteroatoms. The summed E-state index contributed by atoms with van der Waals surface area (Å²) in [4.78, 5) is 13.2. The number of nitrogens with zero attached hydrogens (tertiary/aromatic N) is 4. The van der Waals surface area contributed by atoms with Crippen molar-refractivity contribution in [2.24, 2.45) is 0 Å². The van der Waals surface area contributed by atoms with Gasteiger partial charge in [-0.1, -0.05) is 30.0 Å². The minimum atomic E-state index is 0.0776. The minimum absolute atomic E-state index is 0.0776. The fourth-order valence-corrected chi connectivity index (χ4v) is 5.14. The van der Waals surface area contributed by atoms with E-state index in [0.29, 0.717) is 16.7 Å². The molecule has 0 radical (unpaired) electrons. The van der Waals surface area contributed by atoms with Crippen LogP contribution in [0.25, 0.3) is 17.3 Å². The van der Waals surface area contributed by atoms with E-state index >= 15 is 0 Å². The first kappa shape index (κ1) is 21.7. The molecule has 0 saturated carbocycles. The SMILES string of the molecule is Cc1cc(C(=O)CSc2nnc(-c3ccco3)n2-c2ccccc2)c(C)n1C[C@H]1CCCO1. The zero-order valence-corrected chi connectivity index (χ0v) is 19.5. The largest absolute Gasteiger partial charge is 0.461 e. The number of ketones is 1. The fraction of sp³-hybridized carbons (Fsp3) is 0.320. The first-order chi connectivity index (χ1) is 16.1. The number of Topliss-reactive ketones (excluding diaryl/α,β-unsaturated/α-hetero) is 1.